The number of H-pyrrole nitrogens is 1. The first kappa shape index (κ1) is 17.8. The summed E-state index contributed by atoms with van der Waals surface area (Å²) in [7, 11) is 0. The van der Waals surface area contributed by atoms with E-state index in [1.807, 2.05) is 0 Å². The molecule has 0 saturated carbocycles. The minimum absolute atomic E-state index is 0.0150. The summed E-state index contributed by atoms with van der Waals surface area (Å²) in [5.74, 6) is -0.152. The van der Waals surface area contributed by atoms with Crippen LogP contribution in [0, 0.1) is 0 Å². The molecule has 6 nitrogen and oxygen atoms in total. The van der Waals surface area contributed by atoms with Gasteiger partial charge in [-0.1, -0.05) is 11.6 Å². The number of pyridine rings is 1. The molecule has 3 heterocycles. The number of carbonyl (C=O) groups is 1. The second-order valence-electron chi connectivity index (χ2n) is 6.59. The Bertz CT molecular complexity index is 950. The molecule has 0 aliphatic carbocycles. The summed E-state index contributed by atoms with van der Waals surface area (Å²) in [5, 5.41) is 2.75. The van der Waals surface area contributed by atoms with Crippen LogP contribution in [0.5, 0.6) is 5.75 Å². The van der Waals surface area contributed by atoms with E-state index in [-0.39, 0.29) is 34.4 Å². The lowest BCUT2D eigenvalue weighted by molar-refractivity contribution is -0.0497. The molecule has 2 bridgehead atoms. The molecule has 2 aromatic rings. The summed E-state index contributed by atoms with van der Waals surface area (Å²) >= 11 is 5.94. The van der Waals surface area contributed by atoms with E-state index in [4.69, 9.17) is 11.6 Å². The normalized spacial score (nSPS) is 20.5. The fourth-order valence-corrected chi connectivity index (χ4v) is 4.14. The Balaban J connectivity index is 1.53. The predicted molar refractivity (Wildman–Crippen MR) is 95.5 cm³/mol. The molecule has 2 aliphatic heterocycles. The maximum absolute atomic E-state index is 12.8. The molecule has 4 rings (SSSR count). The number of ether oxygens (including phenoxy) is 1. The van der Waals surface area contributed by atoms with Gasteiger partial charge in [-0.2, -0.15) is 8.78 Å². The molecule has 2 N–H and O–H groups in total. The summed E-state index contributed by atoms with van der Waals surface area (Å²) in [6.45, 7) is -2.97. The van der Waals surface area contributed by atoms with Crippen molar-refractivity contribution in [2.45, 2.75) is 38.0 Å². The molecule has 0 radical (unpaired) electrons. The second kappa shape index (κ2) is 6.84. The molecule has 2 atom stereocenters. The highest BCUT2D eigenvalue weighted by atomic mass is 35.5. The minimum Gasteiger partial charge on any atom is -0.433 e. The van der Waals surface area contributed by atoms with Crippen molar-refractivity contribution in [2.24, 2.45) is 0 Å². The van der Waals surface area contributed by atoms with Gasteiger partial charge < -0.3 is 19.9 Å². The topological polar surface area (TPSA) is 74.4 Å². The van der Waals surface area contributed by atoms with Gasteiger partial charge in [0.15, 0.2) is 0 Å². The van der Waals surface area contributed by atoms with E-state index >= 15 is 0 Å². The SMILES string of the molecule is O=C(Nc1ccc(OC(F)F)c(Cl)c1)N1[C@@H]2CC[C@H]1c1c[nH]c(=O)cc1C2. The average Bonchev–Trinajstić information content (AvgIpc) is 2.92. The maximum atomic E-state index is 12.8. The first-order valence-corrected chi connectivity index (χ1v) is 8.85. The van der Waals surface area contributed by atoms with Crippen LogP contribution in [0.25, 0.3) is 0 Å². The fourth-order valence-electron chi connectivity index (χ4n) is 3.92. The van der Waals surface area contributed by atoms with Gasteiger partial charge in [-0.25, -0.2) is 4.79 Å². The first-order valence-electron chi connectivity index (χ1n) is 8.47. The fraction of sp³-hybridized carbons (Fsp3) is 0.333. The van der Waals surface area contributed by atoms with E-state index in [9.17, 15) is 18.4 Å². The lowest BCUT2D eigenvalue weighted by atomic mass is 9.95. The Kier molecular flexibility index (Phi) is 4.51. The van der Waals surface area contributed by atoms with Gasteiger partial charge in [0.25, 0.3) is 0 Å². The Morgan fingerprint density at radius 2 is 2.15 bits per heavy atom. The van der Waals surface area contributed by atoms with Crippen molar-refractivity contribution in [2.75, 3.05) is 5.32 Å². The summed E-state index contributed by atoms with van der Waals surface area (Å²) < 4.78 is 28.9. The lowest BCUT2D eigenvalue weighted by Crippen LogP contribution is -2.44. The number of aromatic nitrogens is 1. The molecule has 142 valence electrons. The summed E-state index contributed by atoms with van der Waals surface area (Å²) in [4.78, 5) is 28.8. The van der Waals surface area contributed by atoms with Crippen molar-refractivity contribution in [3.05, 3.63) is 57.0 Å². The molecule has 9 heteroatoms. The number of rotatable bonds is 3. The molecule has 0 unspecified atom stereocenters. The second-order valence-corrected chi connectivity index (χ2v) is 7.00. The molecule has 27 heavy (non-hydrogen) atoms. The lowest BCUT2D eigenvalue weighted by Gasteiger charge is -2.36. The van der Waals surface area contributed by atoms with Crippen LogP contribution in [0.3, 0.4) is 0 Å². The minimum atomic E-state index is -2.97. The van der Waals surface area contributed by atoms with E-state index < -0.39 is 6.61 Å². The van der Waals surface area contributed by atoms with E-state index in [0.717, 1.165) is 24.0 Å². The van der Waals surface area contributed by atoms with Gasteiger partial charge in [0.05, 0.1) is 11.1 Å². The molecule has 1 saturated heterocycles. The molecule has 1 aromatic carbocycles. The van der Waals surface area contributed by atoms with E-state index in [0.29, 0.717) is 12.1 Å². The number of urea groups is 1. The van der Waals surface area contributed by atoms with Crippen LogP contribution in [0.15, 0.2) is 35.3 Å². The van der Waals surface area contributed by atoms with Gasteiger partial charge in [-0.05, 0) is 48.6 Å². The van der Waals surface area contributed by atoms with E-state index in [1.165, 1.54) is 18.2 Å². The summed E-state index contributed by atoms with van der Waals surface area (Å²) in [5.41, 5.74) is 2.18. The van der Waals surface area contributed by atoms with E-state index in [2.05, 4.69) is 15.0 Å². The Morgan fingerprint density at radius 3 is 2.89 bits per heavy atom. The number of alkyl halides is 2. The third-order valence-electron chi connectivity index (χ3n) is 5.00. The monoisotopic (exact) mass is 395 g/mol. The third-order valence-corrected chi connectivity index (χ3v) is 5.29. The van der Waals surface area contributed by atoms with E-state index in [1.54, 1.807) is 17.2 Å². The molecule has 0 spiro atoms. The Morgan fingerprint density at radius 1 is 1.33 bits per heavy atom. The van der Waals surface area contributed by atoms with Crippen LogP contribution in [-0.4, -0.2) is 28.6 Å². The quantitative estimate of drug-likeness (QED) is 0.827. The summed E-state index contributed by atoms with van der Waals surface area (Å²) in [6, 6.07) is 5.33. The zero-order valence-electron chi connectivity index (χ0n) is 14.0. The van der Waals surface area contributed by atoms with Gasteiger partial charge in [-0.15, -0.1) is 0 Å². The highest BCUT2D eigenvalue weighted by Gasteiger charge is 2.42. The number of nitrogens with one attached hydrogen (secondary N) is 2. The van der Waals surface area contributed by atoms with Crippen LogP contribution in [0.1, 0.15) is 30.0 Å². The Labute approximate surface area is 158 Å². The number of carbonyl (C=O) groups excluding carboxylic acids is 1. The molecule has 2 aliphatic rings. The maximum Gasteiger partial charge on any atom is 0.387 e. The number of aromatic amines is 1. The van der Waals surface area contributed by atoms with Crippen molar-refractivity contribution in [3.8, 4) is 5.75 Å². The number of hydrogen-bond donors (Lipinski definition) is 2. The van der Waals surface area contributed by atoms with Crippen molar-refractivity contribution < 1.29 is 18.3 Å². The number of anilines is 1. The molecule has 1 aromatic heterocycles. The van der Waals surface area contributed by atoms with Crippen LogP contribution in [0.4, 0.5) is 19.3 Å². The molecular weight excluding hydrogens is 380 g/mol. The predicted octanol–water partition coefficient (Wildman–Crippen LogP) is 3.92. The van der Waals surface area contributed by atoms with Gasteiger partial charge in [0.2, 0.25) is 5.56 Å². The van der Waals surface area contributed by atoms with Crippen molar-refractivity contribution in [1.82, 2.24) is 9.88 Å². The first-order chi connectivity index (χ1) is 12.9. The van der Waals surface area contributed by atoms with Crippen LogP contribution in [-0.2, 0) is 6.42 Å². The molecular formula is C18H16ClF2N3O3. The largest absolute Gasteiger partial charge is 0.433 e. The zero-order chi connectivity index (χ0) is 19.1. The number of hydrogen-bond acceptors (Lipinski definition) is 3. The number of nitrogens with zero attached hydrogens (tertiary/aromatic N) is 1. The van der Waals surface area contributed by atoms with Crippen LogP contribution >= 0.6 is 11.6 Å². The smallest absolute Gasteiger partial charge is 0.387 e. The zero-order valence-corrected chi connectivity index (χ0v) is 14.8. The average molecular weight is 396 g/mol. The summed E-state index contributed by atoms with van der Waals surface area (Å²) in [6.07, 6.45) is 3.98. The van der Waals surface area contributed by atoms with Crippen LogP contribution in [0.2, 0.25) is 5.02 Å². The number of halogens is 3. The number of benzene rings is 1. The highest BCUT2D eigenvalue weighted by Crippen LogP contribution is 2.43. The van der Waals surface area contributed by atoms with Gasteiger partial charge in [0, 0.05) is 24.0 Å². The third kappa shape index (κ3) is 3.37. The van der Waals surface area contributed by atoms with Crippen LogP contribution < -0.4 is 15.6 Å². The van der Waals surface area contributed by atoms with Crippen molar-refractivity contribution >= 4 is 23.3 Å². The standard InChI is InChI=1S/C18H16ClF2N3O3/c19-13-7-10(1-4-15(13)27-17(20)21)23-18(26)24-11-2-3-14(24)12-8-22-16(25)6-9(12)5-11/h1,4,6-8,11,14,17H,2-3,5H2,(H,22,25)(H,23,26)/t11-,14+/m1/s1. The van der Waals surface area contributed by atoms with Crippen molar-refractivity contribution in [3.63, 3.8) is 0 Å². The van der Waals surface area contributed by atoms with Gasteiger partial charge in [0.1, 0.15) is 5.75 Å². The molecule has 2 amide bonds. The van der Waals surface area contributed by atoms with Gasteiger partial charge >= 0.3 is 12.6 Å². The number of fused-ring (bicyclic) bond motifs is 4. The van der Waals surface area contributed by atoms with Crippen molar-refractivity contribution in [1.29, 1.82) is 0 Å². The number of amides is 2. The Hall–Kier alpha value is -2.61. The highest BCUT2D eigenvalue weighted by molar-refractivity contribution is 6.32. The van der Waals surface area contributed by atoms with Gasteiger partial charge in [-0.3, -0.25) is 4.79 Å². The molecule has 1 fully saturated rings.